The summed E-state index contributed by atoms with van der Waals surface area (Å²) in [7, 11) is -3.49. The number of anilines is 1. The third-order valence-electron chi connectivity index (χ3n) is 4.93. The number of carbonyl (C=O) groups is 1. The minimum Gasteiger partial charge on any atom is -0.494 e. The Labute approximate surface area is 189 Å². The molecule has 0 fully saturated rings. The minimum atomic E-state index is -3.49. The van der Waals surface area contributed by atoms with Crippen molar-refractivity contribution in [3.63, 3.8) is 0 Å². The topological polar surface area (TPSA) is 75.7 Å². The molecule has 1 amide bonds. The van der Waals surface area contributed by atoms with Gasteiger partial charge in [0, 0.05) is 12.1 Å². The van der Waals surface area contributed by atoms with Gasteiger partial charge in [-0.3, -0.25) is 9.10 Å². The standard InChI is InChI=1S/C25H28N2O4S/c1-4-31-24-7-5-6-21(16-24)17-26-25(28)22-12-14-23(15-13-22)27(32(3,29)30)18-20-10-8-19(2)9-11-20/h5-16H,4,17-18H2,1-3H3,(H,26,28). The molecule has 3 aromatic carbocycles. The highest BCUT2D eigenvalue weighted by molar-refractivity contribution is 7.92. The van der Waals surface area contributed by atoms with Gasteiger partial charge in [0.2, 0.25) is 10.0 Å². The fourth-order valence-electron chi connectivity index (χ4n) is 3.23. The number of ether oxygens (including phenoxy) is 1. The zero-order valence-electron chi connectivity index (χ0n) is 18.5. The summed E-state index contributed by atoms with van der Waals surface area (Å²) in [6.07, 6.45) is 1.18. The molecule has 1 N–H and O–H groups in total. The van der Waals surface area contributed by atoms with E-state index in [-0.39, 0.29) is 12.5 Å². The summed E-state index contributed by atoms with van der Waals surface area (Å²) in [6.45, 7) is 5.07. The van der Waals surface area contributed by atoms with Gasteiger partial charge in [-0.25, -0.2) is 8.42 Å². The van der Waals surface area contributed by atoms with Gasteiger partial charge in [-0.1, -0.05) is 42.0 Å². The molecule has 0 aromatic heterocycles. The molecular weight excluding hydrogens is 424 g/mol. The Morgan fingerprint density at radius 1 is 0.969 bits per heavy atom. The molecule has 3 rings (SSSR count). The van der Waals surface area contributed by atoms with Crippen LogP contribution in [0.15, 0.2) is 72.8 Å². The molecular formula is C25H28N2O4S. The van der Waals surface area contributed by atoms with Gasteiger partial charge in [-0.15, -0.1) is 0 Å². The molecule has 6 nitrogen and oxygen atoms in total. The van der Waals surface area contributed by atoms with Gasteiger partial charge in [0.25, 0.3) is 5.91 Å². The van der Waals surface area contributed by atoms with Crippen molar-refractivity contribution in [1.82, 2.24) is 5.32 Å². The van der Waals surface area contributed by atoms with E-state index in [9.17, 15) is 13.2 Å². The molecule has 0 radical (unpaired) electrons. The van der Waals surface area contributed by atoms with E-state index in [1.165, 1.54) is 10.6 Å². The number of rotatable bonds is 9. The number of amides is 1. The monoisotopic (exact) mass is 452 g/mol. The van der Waals surface area contributed by atoms with Crippen LogP contribution >= 0.6 is 0 Å². The molecule has 0 bridgehead atoms. The zero-order chi connectivity index (χ0) is 23.1. The second-order valence-electron chi connectivity index (χ2n) is 7.57. The van der Waals surface area contributed by atoms with Gasteiger partial charge in [0.05, 0.1) is 25.1 Å². The van der Waals surface area contributed by atoms with Crippen LogP contribution in [-0.4, -0.2) is 27.2 Å². The molecule has 0 aliphatic heterocycles. The van der Waals surface area contributed by atoms with Crippen molar-refractivity contribution >= 4 is 21.6 Å². The molecule has 0 aliphatic rings. The van der Waals surface area contributed by atoms with Gasteiger partial charge >= 0.3 is 0 Å². The first kappa shape index (κ1) is 23.3. The van der Waals surface area contributed by atoms with Crippen LogP contribution in [0.3, 0.4) is 0 Å². The van der Waals surface area contributed by atoms with Crippen LogP contribution in [-0.2, 0) is 23.1 Å². The SMILES string of the molecule is CCOc1cccc(CNC(=O)c2ccc(N(Cc3ccc(C)cc3)S(C)(=O)=O)cc2)c1. The summed E-state index contributed by atoms with van der Waals surface area (Å²) in [5, 5.41) is 2.88. The average Bonchev–Trinajstić information content (AvgIpc) is 2.77. The lowest BCUT2D eigenvalue weighted by Gasteiger charge is -2.23. The second kappa shape index (κ2) is 10.3. The number of hydrogen-bond donors (Lipinski definition) is 1. The first-order chi connectivity index (χ1) is 15.3. The van der Waals surface area contributed by atoms with Crippen molar-refractivity contribution in [2.45, 2.75) is 26.9 Å². The van der Waals surface area contributed by atoms with Crippen LogP contribution in [0.4, 0.5) is 5.69 Å². The van der Waals surface area contributed by atoms with Crippen molar-refractivity contribution < 1.29 is 17.9 Å². The van der Waals surface area contributed by atoms with Crippen LogP contribution in [0.2, 0.25) is 0 Å². The maximum Gasteiger partial charge on any atom is 0.251 e. The fraction of sp³-hybridized carbons (Fsp3) is 0.240. The predicted octanol–water partition coefficient (Wildman–Crippen LogP) is 4.29. The van der Waals surface area contributed by atoms with E-state index in [0.717, 1.165) is 22.4 Å². The molecule has 0 atom stereocenters. The Bertz CT molecular complexity index is 1160. The van der Waals surface area contributed by atoms with Crippen molar-refractivity contribution in [3.8, 4) is 5.75 Å². The largest absolute Gasteiger partial charge is 0.494 e. The Balaban J connectivity index is 1.69. The normalized spacial score (nSPS) is 11.1. The number of nitrogens with zero attached hydrogens (tertiary/aromatic N) is 1. The van der Waals surface area contributed by atoms with Crippen LogP contribution in [0.25, 0.3) is 0 Å². The quantitative estimate of drug-likeness (QED) is 0.526. The Morgan fingerprint density at radius 2 is 1.66 bits per heavy atom. The van der Waals surface area contributed by atoms with E-state index >= 15 is 0 Å². The molecule has 0 spiro atoms. The van der Waals surface area contributed by atoms with E-state index in [1.54, 1.807) is 24.3 Å². The van der Waals surface area contributed by atoms with Crippen LogP contribution in [0.1, 0.15) is 34.0 Å². The lowest BCUT2D eigenvalue weighted by Crippen LogP contribution is -2.29. The smallest absolute Gasteiger partial charge is 0.251 e. The number of hydrogen-bond acceptors (Lipinski definition) is 4. The summed E-state index contributed by atoms with van der Waals surface area (Å²) in [5.74, 6) is 0.529. The van der Waals surface area contributed by atoms with Crippen molar-refractivity contribution in [2.24, 2.45) is 0 Å². The second-order valence-corrected chi connectivity index (χ2v) is 9.47. The first-order valence-corrected chi connectivity index (χ1v) is 12.2. The first-order valence-electron chi connectivity index (χ1n) is 10.4. The predicted molar refractivity (Wildman–Crippen MR) is 127 cm³/mol. The molecule has 0 aliphatic carbocycles. The molecule has 7 heteroatoms. The summed E-state index contributed by atoms with van der Waals surface area (Å²) < 4.78 is 31.6. The molecule has 0 heterocycles. The summed E-state index contributed by atoms with van der Waals surface area (Å²) in [6, 6.07) is 21.9. The van der Waals surface area contributed by atoms with Gasteiger partial charge in [-0.2, -0.15) is 0 Å². The molecule has 32 heavy (non-hydrogen) atoms. The van der Waals surface area contributed by atoms with Gasteiger partial charge in [0.15, 0.2) is 0 Å². The number of aryl methyl sites for hydroxylation is 1. The van der Waals surface area contributed by atoms with Crippen LogP contribution < -0.4 is 14.4 Å². The van der Waals surface area contributed by atoms with Crippen LogP contribution in [0.5, 0.6) is 5.75 Å². The highest BCUT2D eigenvalue weighted by atomic mass is 32.2. The fourth-order valence-corrected chi connectivity index (χ4v) is 4.12. The zero-order valence-corrected chi connectivity index (χ0v) is 19.4. The lowest BCUT2D eigenvalue weighted by atomic mass is 10.1. The van der Waals surface area contributed by atoms with Gasteiger partial charge < -0.3 is 10.1 Å². The highest BCUT2D eigenvalue weighted by Crippen LogP contribution is 2.22. The number of sulfonamides is 1. The van der Waals surface area contributed by atoms with E-state index in [0.29, 0.717) is 24.4 Å². The molecule has 168 valence electrons. The van der Waals surface area contributed by atoms with Crippen LogP contribution in [0, 0.1) is 6.92 Å². The summed E-state index contributed by atoms with van der Waals surface area (Å²) in [4.78, 5) is 12.6. The highest BCUT2D eigenvalue weighted by Gasteiger charge is 2.18. The van der Waals surface area contributed by atoms with Gasteiger partial charge in [0.1, 0.15) is 5.75 Å². The number of carbonyl (C=O) groups excluding carboxylic acids is 1. The molecule has 3 aromatic rings. The Morgan fingerprint density at radius 3 is 2.28 bits per heavy atom. The van der Waals surface area contributed by atoms with E-state index in [4.69, 9.17) is 4.74 Å². The van der Waals surface area contributed by atoms with E-state index in [1.807, 2.05) is 62.4 Å². The van der Waals surface area contributed by atoms with Gasteiger partial charge in [-0.05, 0) is 61.4 Å². The third kappa shape index (κ3) is 6.34. The molecule has 0 saturated heterocycles. The van der Waals surface area contributed by atoms with Crippen molar-refractivity contribution in [1.29, 1.82) is 0 Å². The Hall–Kier alpha value is -3.32. The van der Waals surface area contributed by atoms with E-state index in [2.05, 4.69) is 5.32 Å². The van der Waals surface area contributed by atoms with Crippen molar-refractivity contribution in [3.05, 3.63) is 95.1 Å². The lowest BCUT2D eigenvalue weighted by molar-refractivity contribution is 0.0951. The van der Waals surface area contributed by atoms with Crippen molar-refractivity contribution in [2.75, 3.05) is 17.2 Å². The molecule has 0 saturated carbocycles. The maximum absolute atomic E-state index is 12.6. The average molecular weight is 453 g/mol. The summed E-state index contributed by atoms with van der Waals surface area (Å²) >= 11 is 0. The Kier molecular flexibility index (Phi) is 7.53. The third-order valence-corrected chi connectivity index (χ3v) is 6.07. The molecule has 0 unspecified atom stereocenters. The minimum absolute atomic E-state index is 0.223. The maximum atomic E-state index is 12.6. The van der Waals surface area contributed by atoms with E-state index < -0.39 is 10.0 Å². The number of benzene rings is 3. The summed E-state index contributed by atoms with van der Waals surface area (Å²) in [5.41, 5.74) is 3.89. The number of nitrogens with one attached hydrogen (secondary N) is 1.